The van der Waals surface area contributed by atoms with E-state index in [0.29, 0.717) is 10.9 Å². The third-order valence-corrected chi connectivity index (χ3v) is 3.99. The molecule has 0 saturated heterocycles. The van der Waals surface area contributed by atoms with E-state index in [1.54, 1.807) is 18.2 Å². The maximum Gasteiger partial charge on any atom is 0.266 e. The first kappa shape index (κ1) is 12.1. The molecule has 90 valence electrons. The van der Waals surface area contributed by atoms with Gasteiger partial charge < -0.3 is 10.7 Å². The van der Waals surface area contributed by atoms with E-state index in [-0.39, 0.29) is 10.6 Å². The molecule has 0 fully saturated rings. The first-order valence-electron chi connectivity index (χ1n) is 4.62. The SMILES string of the molecule is CS(=O)(=O)c1c(C(N)=O)[nH]c2ccc(Br)cc12. The van der Waals surface area contributed by atoms with Crippen molar-refractivity contribution in [1.29, 1.82) is 0 Å². The number of hydrogen-bond acceptors (Lipinski definition) is 3. The van der Waals surface area contributed by atoms with Crippen LogP contribution in [0.4, 0.5) is 0 Å². The summed E-state index contributed by atoms with van der Waals surface area (Å²) in [4.78, 5) is 13.9. The molecule has 0 atom stereocenters. The van der Waals surface area contributed by atoms with E-state index in [4.69, 9.17) is 5.73 Å². The van der Waals surface area contributed by atoms with Gasteiger partial charge in [0.15, 0.2) is 9.84 Å². The van der Waals surface area contributed by atoms with Crippen LogP contribution in [0.15, 0.2) is 27.6 Å². The minimum atomic E-state index is -3.53. The van der Waals surface area contributed by atoms with Crippen LogP contribution in [-0.4, -0.2) is 25.6 Å². The van der Waals surface area contributed by atoms with Gasteiger partial charge in [0.05, 0.1) is 0 Å². The average molecular weight is 317 g/mol. The van der Waals surface area contributed by atoms with Gasteiger partial charge in [0.25, 0.3) is 5.91 Å². The van der Waals surface area contributed by atoms with Crippen molar-refractivity contribution in [2.75, 3.05) is 6.26 Å². The Kier molecular flexibility index (Phi) is 2.75. The predicted molar refractivity (Wildman–Crippen MR) is 67.6 cm³/mol. The van der Waals surface area contributed by atoms with Gasteiger partial charge in [0.2, 0.25) is 0 Å². The fourth-order valence-electron chi connectivity index (χ4n) is 1.70. The van der Waals surface area contributed by atoms with Crippen molar-refractivity contribution < 1.29 is 13.2 Å². The summed E-state index contributed by atoms with van der Waals surface area (Å²) < 4.78 is 24.1. The molecule has 7 heteroatoms. The number of aromatic nitrogens is 1. The number of carbonyl (C=O) groups excluding carboxylic acids is 1. The predicted octanol–water partition coefficient (Wildman–Crippen LogP) is 1.43. The Bertz CT molecular complexity index is 718. The fraction of sp³-hybridized carbons (Fsp3) is 0.100. The zero-order valence-corrected chi connectivity index (χ0v) is 11.2. The molecule has 1 amide bonds. The summed E-state index contributed by atoms with van der Waals surface area (Å²) in [7, 11) is -3.53. The van der Waals surface area contributed by atoms with Crippen LogP contribution in [-0.2, 0) is 9.84 Å². The van der Waals surface area contributed by atoms with Crippen LogP contribution in [0.5, 0.6) is 0 Å². The highest BCUT2D eigenvalue weighted by atomic mass is 79.9. The van der Waals surface area contributed by atoms with Crippen LogP contribution >= 0.6 is 15.9 Å². The lowest BCUT2D eigenvalue weighted by Gasteiger charge is -1.98. The van der Waals surface area contributed by atoms with Gasteiger partial charge in [-0.2, -0.15) is 0 Å². The smallest absolute Gasteiger partial charge is 0.266 e. The first-order chi connectivity index (χ1) is 7.80. The Labute approximate surface area is 106 Å². The minimum absolute atomic E-state index is 0.0544. The van der Waals surface area contributed by atoms with Crippen molar-refractivity contribution in [1.82, 2.24) is 4.98 Å². The number of benzene rings is 1. The number of carbonyl (C=O) groups is 1. The molecule has 17 heavy (non-hydrogen) atoms. The number of sulfone groups is 1. The molecule has 2 rings (SSSR count). The van der Waals surface area contributed by atoms with E-state index in [0.717, 1.165) is 10.7 Å². The topological polar surface area (TPSA) is 93.0 Å². The van der Waals surface area contributed by atoms with Gasteiger partial charge in [-0.25, -0.2) is 8.42 Å². The minimum Gasteiger partial charge on any atom is -0.364 e. The van der Waals surface area contributed by atoms with E-state index in [9.17, 15) is 13.2 Å². The number of hydrogen-bond donors (Lipinski definition) is 2. The molecular weight excluding hydrogens is 308 g/mol. The number of rotatable bonds is 2. The van der Waals surface area contributed by atoms with Gasteiger partial charge >= 0.3 is 0 Å². The maximum atomic E-state index is 11.7. The number of amides is 1. The second-order valence-electron chi connectivity index (χ2n) is 3.66. The molecular formula is C10H9BrN2O3S. The third-order valence-electron chi connectivity index (χ3n) is 2.33. The molecule has 0 aliphatic heterocycles. The van der Waals surface area contributed by atoms with Crippen molar-refractivity contribution in [3.05, 3.63) is 28.4 Å². The van der Waals surface area contributed by atoms with Crippen LogP contribution in [0.25, 0.3) is 10.9 Å². The van der Waals surface area contributed by atoms with Gasteiger partial charge in [0.1, 0.15) is 10.6 Å². The lowest BCUT2D eigenvalue weighted by Crippen LogP contribution is -2.15. The Hall–Kier alpha value is -1.34. The molecule has 1 aromatic heterocycles. The lowest BCUT2D eigenvalue weighted by molar-refractivity contribution is 0.0993. The fourth-order valence-corrected chi connectivity index (χ4v) is 3.15. The van der Waals surface area contributed by atoms with E-state index in [1.807, 2.05) is 0 Å². The van der Waals surface area contributed by atoms with E-state index >= 15 is 0 Å². The van der Waals surface area contributed by atoms with Crippen molar-refractivity contribution in [3.63, 3.8) is 0 Å². The normalized spacial score (nSPS) is 11.9. The average Bonchev–Trinajstić information content (AvgIpc) is 2.55. The van der Waals surface area contributed by atoms with Crippen LogP contribution < -0.4 is 5.73 Å². The summed E-state index contributed by atoms with van der Waals surface area (Å²) in [5.74, 6) is -0.794. The molecule has 0 aliphatic rings. The van der Waals surface area contributed by atoms with E-state index in [2.05, 4.69) is 20.9 Å². The van der Waals surface area contributed by atoms with Gasteiger partial charge in [-0.1, -0.05) is 15.9 Å². The molecule has 1 heterocycles. The van der Waals surface area contributed by atoms with Crippen LogP contribution in [0.3, 0.4) is 0 Å². The zero-order chi connectivity index (χ0) is 12.8. The van der Waals surface area contributed by atoms with Crippen molar-refractivity contribution in [2.45, 2.75) is 4.90 Å². The molecule has 0 aliphatic carbocycles. The molecule has 1 aromatic carbocycles. The summed E-state index contributed by atoms with van der Waals surface area (Å²) in [5.41, 5.74) is 5.64. The first-order valence-corrected chi connectivity index (χ1v) is 7.30. The van der Waals surface area contributed by atoms with Gasteiger partial charge in [-0.3, -0.25) is 4.79 Å². The quantitative estimate of drug-likeness (QED) is 0.877. The Morgan fingerprint density at radius 2 is 2.06 bits per heavy atom. The number of nitrogens with two attached hydrogens (primary N) is 1. The van der Waals surface area contributed by atoms with Gasteiger partial charge in [-0.15, -0.1) is 0 Å². The summed E-state index contributed by atoms with van der Waals surface area (Å²) in [6.07, 6.45) is 1.04. The van der Waals surface area contributed by atoms with Crippen LogP contribution in [0.1, 0.15) is 10.5 Å². The Morgan fingerprint density at radius 3 is 2.59 bits per heavy atom. The van der Waals surface area contributed by atoms with Crippen molar-refractivity contribution in [3.8, 4) is 0 Å². The number of halogens is 1. The monoisotopic (exact) mass is 316 g/mol. The standard InChI is InChI=1S/C10H9BrN2O3S/c1-17(15,16)9-6-4-5(11)2-3-7(6)13-8(9)10(12)14/h2-4,13H,1H3,(H2,12,14). The van der Waals surface area contributed by atoms with Crippen LogP contribution in [0, 0.1) is 0 Å². The number of primary amides is 1. The molecule has 0 saturated carbocycles. The second-order valence-corrected chi connectivity index (χ2v) is 6.52. The highest BCUT2D eigenvalue weighted by Crippen LogP contribution is 2.29. The Balaban J connectivity index is 2.98. The van der Waals surface area contributed by atoms with Crippen molar-refractivity contribution >= 4 is 42.6 Å². The third kappa shape index (κ3) is 2.07. The largest absolute Gasteiger partial charge is 0.364 e. The number of nitrogens with one attached hydrogen (secondary N) is 1. The zero-order valence-electron chi connectivity index (χ0n) is 8.82. The molecule has 2 aromatic rings. The summed E-state index contributed by atoms with van der Waals surface area (Å²) in [5, 5.41) is 0.454. The number of aromatic amines is 1. The number of fused-ring (bicyclic) bond motifs is 1. The molecule has 0 radical (unpaired) electrons. The number of H-pyrrole nitrogens is 1. The summed E-state index contributed by atoms with van der Waals surface area (Å²) in [6, 6.07) is 5.06. The van der Waals surface area contributed by atoms with Gasteiger partial charge in [-0.05, 0) is 18.2 Å². The maximum absolute atomic E-state index is 11.7. The van der Waals surface area contributed by atoms with E-state index in [1.165, 1.54) is 0 Å². The van der Waals surface area contributed by atoms with E-state index < -0.39 is 15.7 Å². The molecule has 3 N–H and O–H groups in total. The lowest BCUT2D eigenvalue weighted by atomic mass is 10.2. The molecule has 0 unspecified atom stereocenters. The van der Waals surface area contributed by atoms with Crippen molar-refractivity contribution in [2.24, 2.45) is 5.73 Å². The summed E-state index contributed by atoms with van der Waals surface area (Å²) in [6.45, 7) is 0. The summed E-state index contributed by atoms with van der Waals surface area (Å²) >= 11 is 3.25. The second kappa shape index (κ2) is 3.85. The molecule has 0 spiro atoms. The Morgan fingerprint density at radius 1 is 1.41 bits per heavy atom. The highest BCUT2D eigenvalue weighted by Gasteiger charge is 2.23. The molecule has 5 nitrogen and oxygen atoms in total. The van der Waals surface area contributed by atoms with Gasteiger partial charge in [0, 0.05) is 21.6 Å². The highest BCUT2D eigenvalue weighted by molar-refractivity contribution is 9.10. The molecule has 0 bridgehead atoms. The van der Waals surface area contributed by atoms with Crippen LogP contribution in [0.2, 0.25) is 0 Å².